The van der Waals surface area contributed by atoms with Gasteiger partial charge in [0.2, 0.25) is 0 Å². The van der Waals surface area contributed by atoms with Gasteiger partial charge in [0, 0.05) is 30.8 Å². The van der Waals surface area contributed by atoms with E-state index in [1.807, 2.05) is 42.6 Å². The Morgan fingerprint density at radius 1 is 0.704 bits per heavy atom. The lowest BCUT2D eigenvalue weighted by Gasteiger charge is -2.02. The van der Waals surface area contributed by atoms with Crippen molar-refractivity contribution < 1.29 is 0 Å². The first-order valence-corrected chi connectivity index (χ1v) is 9.34. The van der Waals surface area contributed by atoms with Crippen LogP contribution in [0.4, 0.5) is 0 Å². The van der Waals surface area contributed by atoms with Crippen LogP contribution in [-0.4, -0.2) is 9.97 Å². The summed E-state index contributed by atoms with van der Waals surface area (Å²) < 4.78 is 0. The number of nitrogens with zero attached hydrogens (tertiary/aromatic N) is 2. The molecule has 3 heteroatoms. The molecule has 5 rings (SSSR count). The summed E-state index contributed by atoms with van der Waals surface area (Å²) in [5, 5.41) is 0.733. The predicted octanol–water partition coefficient (Wildman–Crippen LogP) is 5.98. The van der Waals surface area contributed by atoms with Crippen molar-refractivity contribution in [2.75, 3.05) is 0 Å². The molecule has 1 aliphatic carbocycles. The summed E-state index contributed by atoms with van der Waals surface area (Å²) in [5.74, 6) is 0. The van der Waals surface area contributed by atoms with Crippen LogP contribution >= 0.6 is 11.6 Å². The van der Waals surface area contributed by atoms with E-state index >= 15 is 0 Å². The molecule has 0 saturated carbocycles. The van der Waals surface area contributed by atoms with Crippen LogP contribution in [0.25, 0.3) is 11.1 Å². The number of hydrogen-bond acceptors (Lipinski definition) is 2. The van der Waals surface area contributed by atoms with Gasteiger partial charge in [-0.3, -0.25) is 9.97 Å². The molecule has 2 aromatic carbocycles. The van der Waals surface area contributed by atoms with Crippen molar-refractivity contribution in [1.29, 1.82) is 0 Å². The van der Waals surface area contributed by atoms with E-state index in [4.69, 9.17) is 11.6 Å². The fourth-order valence-corrected chi connectivity index (χ4v) is 3.47. The van der Waals surface area contributed by atoms with E-state index in [1.54, 1.807) is 6.20 Å². The zero-order valence-corrected chi connectivity index (χ0v) is 15.6. The molecule has 4 aromatic rings. The molecule has 2 aromatic heterocycles. The molecule has 0 radical (unpaired) electrons. The molecule has 27 heavy (non-hydrogen) atoms. The van der Waals surface area contributed by atoms with Crippen molar-refractivity contribution in [1.82, 2.24) is 9.97 Å². The van der Waals surface area contributed by atoms with Crippen molar-refractivity contribution in [3.8, 4) is 11.1 Å². The van der Waals surface area contributed by atoms with Gasteiger partial charge in [-0.2, -0.15) is 0 Å². The average Bonchev–Trinajstić information content (AvgIpc) is 3.10. The van der Waals surface area contributed by atoms with Gasteiger partial charge in [0.25, 0.3) is 0 Å². The summed E-state index contributed by atoms with van der Waals surface area (Å²) in [6, 6.07) is 26.6. The molecular formula is C24H19ClN2. The van der Waals surface area contributed by atoms with E-state index in [9.17, 15) is 0 Å². The van der Waals surface area contributed by atoms with Crippen LogP contribution in [-0.2, 0) is 12.8 Å². The van der Waals surface area contributed by atoms with Gasteiger partial charge < -0.3 is 0 Å². The maximum atomic E-state index is 6.01. The van der Waals surface area contributed by atoms with E-state index in [-0.39, 0.29) is 0 Å². The van der Waals surface area contributed by atoms with Crippen LogP contribution in [0.3, 0.4) is 0 Å². The van der Waals surface area contributed by atoms with Gasteiger partial charge in [0.15, 0.2) is 0 Å². The molecule has 0 spiro atoms. The van der Waals surface area contributed by atoms with E-state index in [1.165, 1.54) is 27.9 Å². The van der Waals surface area contributed by atoms with Gasteiger partial charge in [0.05, 0.1) is 16.4 Å². The number of rotatable bonds is 2. The second-order valence-corrected chi connectivity index (χ2v) is 6.83. The molecule has 0 atom stereocenters. The molecule has 0 unspecified atom stereocenters. The SMILES string of the molecule is Clc1cccnc1Cc1ccccc1.c1ccc2c(c1)Cc1ncccc1-2. The second-order valence-electron chi connectivity index (χ2n) is 6.43. The highest BCUT2D eigenvalue weighted by Crippen LogP contribution is 2.34. The monoisotopic (exact) mass is 370 g/mol. The number of halogens is 1. The molecular weight excluding hydrogens is 352 g/mol. The summed E-state index contributed by atoms with van der Waals surface area (Å²) in [7, 11) is 0. The molecule has 0 fully saturated rings. The molecule has 1 aliphatic rings. The van der Waals surface area contributed by atoms with Crippen LogP contribution in [0.5, 0.6) is 0 Å². The van der Waals surface area contributed by atoms with Gasteiger partial charge in [-0.15, -0.1) is 0 Å². The standard InChI is InChI=1S/C12H10ClN.C12H9N/c13-11-7-4-8-14-12(11)9-10-5-2-1-3-6-10;1-2-5-10-9(4-1)8-12-11(10)6-3-7-13-12/h1-8H,9H2;1-7H,8H2. The van der Waals surface area contributed by atoms with E-state index in [0.717, 1.165) is 23.6 Å². The Balaban J connectivity index is 0.000000134. The molecule has 0 aliphatic heterocycles. The van der Waals surface area contributed by atoms with Crippen molar-refractivity contribution in [3.05, 3.63) is 119 Å². The molecule has 2 heterocycles. The number of pyridine rings is 2. The maximum absolute atomic E-state index is 6.01. The summed E-state index contributed by atoms with van der Waals surface area (Å²) in [6.45, 7) is 0. The van der Waals surface area contributed by atoms with Gasteiger partial charge in [-0.1, -0.05) is 72.3 Å². The van der Waals surface area contributed by atoms with Crippen molar-refractivity contribution in [3.63, 3.8) is 0 Å². The smallest absolute Gasteiger partial charge is 0.0633 e. The Morgan fingerprint density at radius 2 is 1.41 bits per heavy atom. The Kier molecular flexibility index (Phi) is 5.27. The highest BCUT2D eigenvalue weighted by atomic mass is 35.5. The Hall–Kier alpha value is -2.97. The fourth-order valence-electron chi connectivity index (χ4n) is 3.28. The minimum Gasteiger partial charge on any atom is -0.260 e. The minimum absolute atomic E-state index is 0.733. The Bertz CT molecular complexity index is 1000. The van der Waals surface area contributed by atoms with E-state index in [2.05, 4.69) is 52.4 Å². The largest absolute Gasteiger partial charge is 0.260 e. The van der Waals surface area contributed by atoms with Crippen LogP contribution < -0.4 is 0 Å². The zero-order chi connectivity index (χ0) is 18.5. The third-order valence-corrected chi connectivity index (χ3v) is 4.95. The lowest BCUT2D eigenvalue weighted by atomic mass is 10.1. The second kappa shape index (κ2) is 8.15. The first kappa shape index (κ1) is 17.4. The summed E-state index contributed by atoms with van der Waals surface area (Å²) in [5.41, 5.74) is 7.43. The lowest BCUT2D eigenvalue weighted by molar-refractivity contribution is 1.07. The van der Waals surface area contributed by atoms with Crippen LogP contribution in [0, 0.1) is 0 Å². The van der Waals surface area contributed by atoms with Crippen LogP contribution in [0.2, 0.25) is 5.02 Å². The lowest BCUT2D eigenvalue weighted by Crippen LogP contribution is -1.92. The molecule has 0 saturated heterocycles. The minimum atomic E-state index is 0.733. The first-order valence-electron chi connectivity index (χ1n) is 8.97. The third kappa shape index (κ3) is 4.07. The average molecular weight is 371 g/mol. The zero-order valence-electron chi connectivity index (χ0n) is 14.8. The summed E-state index contributed by atoms with van der Waals surface area (Å²) >= 11 is 6.01. The van der Waals surface area contributed by atoms with Crippen LogP contribution in [0.15, 0.2) is 91.3 Å². The molecule has 2 nitrogen and oxygen atoms in total. The highest BCUT2D eigenvalue weighted by Gasteiger charge is 2.17. The quantitative estimate of drug-likeness (QED) is 0.382. The van der Waals surface area contributed by atoms with Crippen LogP contribution in [0.1, 0.15) is 22.5 Å². The van der Waals surface area contributed by atoms with Crippen molar-refractivity contribution in [2.24, 2.45) is 0 Å². The van der Waals surface area contributed by atoms with E-state index < -0.39 is 0 Å². The Labute approximate surface area is 164 Å². The maximum Gasteiger partial charge on any atom is 0.0633 e. The number of fused-ring (bicyclic) bond motifs is 3. The van der Waals surface area contributed by atoms with Gasteiger partial charge in [-0.05, 0) is 34.9 Å². The Morgan fingerprint density at radius 3 is 2.26 bits per heavy atom. The van der Waals surface area contributed by atoms with Crippen molar-refractivity contribution >= 4 is 11.6 Å². The molecule has 132 valence electrons. The topological polar surface area (TPSA) is 25.8 Å². The molecule has 0 amide bonds. The third-order valence-electron chi connectivity index (χ3n) is 4.60. The van der Waals surface area contributed by atoms with Gasteiger partial charge in [0.1, 0.15) is 0 Å². The van der Waals surface area contributed by atoms with Gasteiger partial charge >= 0.3 is 0 Å². The number of benzene rings is 2. The van der Waals surface area contributed by atoms with Crippen molar-refractivity contribution in [2.45, 2.75) is 12.8 Å². The highest BCUT2D eigenvalue weighted by molar-refractivity contribution is 6.31. The summed E-state index contributed by atoms with van der Waals surface area (Å²) in [6.07, 6.45) is 5.42. The summed E-state index contributed by atoms with van der Waals surface area (Å²) in [4.78, 5) is 8.62. The fraction of sp³-hybridized carbons (Fsp3) is 0.0833. The number of aromatic nitrogens is 2. The number of hydrogen-bond donors (Lipinski definition) is 0. The predicted molar refractivity (Wildman–Crippen MR) is 111 cm³/mol. The molecule has 0 bridgehead atoms. The molecule has 0 N–H and O–H groups in total. The van der Waals surface area contributed by atoms with Gasteiger partial charge in [-0.25, -0.2) is 0 Å². The van der Waals surface area contributed by atoms with E-state index in [0.29, 0.717) is 0 Å². The normalized spacial score (nSPS) is 11.1. The first-order chi connectivity index (χ1) is 13.3.